The van der Waals surface area contributed by atoms with Crippen LogP contribution in [0.15, 0.2) is 142 Å². The first kappa shape index (κ1) is 57.5. The molecule has 0 spiro atoms. The van der Waals surface area contributed by atoms with E-state index in [1.54, 1.807) is 0 Å². The lowest BCUT2D eigenvalue weighted by atomic mass is 10.0. The number of aromatic nitrogens is 3. The maximum Gasteiger partial charge on any atom is 0.299 e. The van der Waals surface area contributed by atoms with Crippen molar-refractivity contribution < 1.29 is 76.9 Å². The average molecular weight is 1200 g/mol. The number of phenolic OH excluding ortho intramolecular Hbond substituents is 1. The van der Waals surface area contributed by atoms with Gasteiger partial charge in [0.25, 0.3) is 50.6 Å². The average Bonchev–Trinajstić information content (AvgIpc) is 3.37. The fourth-order valence-corrected chi connectivity index (χ4v) is 12.2. The van der Waals surface area contributed by atoms with Crippen molar-refractivity contribution in [3.8, 4) is 5.75 Å². The van der Waals surface area contributed by atoms with Gasteiger partial charge in [-0.05, 0) is 77.7 Å². The highest BCUT2D eigenvalue weighted by Crippen LogP contribution is 2.49. The molecule has 0 bridgehead atoms. The van der Waals surface area contributed by atoms with E-state index in [1.165, 1.54) is 42.5 Å². The van der Waals surface area contributed by atoms with Crippen molar-refractivity contribution in [1.82, 2.24) is 15.0 Å². The number of nitrogen functional groups attached to an aromatic ring is 1. The lowest BCUT2D eigenvalue weighted by molar-refractivity contribution is 0.396. The van der Waals surface area contributed by atoms with Crippen molar-refractivity contribution in [3.63, 3.8) is 0 Å². The van der Waals surface area contributed by atoms with Crippen LogP contribution in [0.5, 0.6) is 5.75 Å². The summed E-state index contributed by atoms with van der Waals surface area (Å²) in [4.78, 5) is 9.36. The highest BCUT2D eigenvalue weighted by molar-refractivity contribution is 7.94. The Balaban J connectivity index is 1.39. The molecule has 0 fully saturated rings. The molecule has 0 saturated carbocycles. The zero-order chi connectivity index (χ0) is 56.6. The van der Waals surface area contributed by atoms with Crippen LogP contribution in [0.3, 0.4) is 0 Å². The minimum atomic E-state index is -5.03. The van der Waals surface area contributed by atoms with Crippen LogP contribution in [0.25, 0.3) is 21.5 Å². The minimum Gasteiger partial charge on any atom is -0.505 e. The number of halogens is 1. The molecule has 0 saturated heterocycles. The predicted octanol–water partition coefficient (Wildman–Crippen LogP) is 7.08. The first-order valence-corrected chi connectivity index (χ1v) is 29.9. The number of anilines is 5. The maximum atomic E-state index is 13.6. The summed E-state index contributed by atoms with van der Waals surface area (Å²) in [6.45, 7) is 3.31. The maximum absolute atomic E-state index is 13.6. The number of benzene rings is 6. The normalized spacial score (nSPS) is 13.0. The summed E-state index contributed by atoms with van der Waals surface area (Å²) in [6, 6.07) is 16.2. The van der Waals surface area contributed by atoms with E-state index in [0.29, 0.717) is 0 Å². The molecule has 7 aromatic rings. The largest absolute Gasteiger partial charge is 0.505 e. The number of fused-ring (bicyclic) bond motifs is 2. The van der Waals surface area contributed by atoms with Gasteiger partial charge in [-0.3, -0.25) is 21.3 Å². The second-order valence-electron chi connectivity index (χ2n) is 15.3. The zero-order valence-corrected chi connectivity index (χ0v) is 45.2. The molecule has 1 heterocycles. The van der Waals surface area contributed by atoms with Gasteiger partial charge in [0, 0.05) is 33.1 Å². The Labute approximate surface area is 443 Å². The number of hydrogen-bond acceptors (Lipinski definition) is 27. The Morgan fingerprint density at radius 3 is 1.81 bits per heavy atom. The number of nitrogens with zero attached hydrogens (tertiary/aromatic N) is 7. The number of sulfone groups is 1. The zero-order valence-electron chi connectivity index (χ0n) is 39.5. The number of nitrogens with two attached hydrogens (primary N) is 1. The predicted molar refractivity (Wildman–Crippen MR) is 276 cm³/mol. The molecule has 1 aromatic heterocycles. The fraction of sp³-hybridized carbons (Fsp3) is 0.119. The lowest BCUT2D eigenvalue weighted by Crippen LogP contribution is -2.07. The molecule has 35 heteroatoms. The van der Waals surface area contributed by atoms with Crippen molar-refractivity contribution in [2.75, 3.05) is 44.8 Å². The van der Waals surface area contributed by atoms with Crippen LogP contribution in [0.2, 0.25) is 5.28 Å². The van der Waals surface area contributed by atoms with E-state index in [2.05, 4.69) is 56.8 Å². The lowest BCUT2D eigenvalue weighted by Gasteiger charge is -2.16. The van der Waals surface area contributed by atoms with Crippen molar-refractivity contribution in [3.05, 3.63) is 108 Å². The van der Waals surface area contributed by atoms with Crippen LogP contribution in [0, 0.1) is 0 Å². The first-order valence-electron chi connectivity index (χ1n) is 20.7. The monoisotopic (exact) mass is 1200 g/mol. The van der Waals surface area contributed by atoms with Crippen LogP contribution in [-0.2, 0) is 82.9 Å². The molecule has 28 nitrogen and oxygen atoms in total. The van der Waals surface area contributed by atoms with Gasteiger partial charge in [-0.15, -0.1) is 20.5 Å². The topological polar surface area (TPSA) is 420 Å². The van der Waals surface area contributed by atoms with Crippen LogP contribution in [-0.4, -0.2) is 104 Å². The minimum absolute atomic E-state index is 0.0233. The molecule has 77 heavy (non-hydrogen) atoms. The second kappa shape index (κ2) is 21.7. The third-order valence-corrected chi connectivity index (χ3v) is 18.1. The number of hydrogen-bond donors (Lipinski definition) is 5. The van der Waals surface area contributed by atoms with Gasteiger partial charge in [0.05, 0.1) is 44.4 Å². The molecule has 0 unspecified atom stereocenters. The second-order valence-corrected chi connectivity index (χ2v) is 25.6. The van der Waals surface area contributed by atoms with Gasteiger partial charge in [0.2, 0.25) is 17.2 Å². The van der Waals surface area contributed by atoms with Gasteiger partial charge in [0.1, 0.15) is 48.1 Å². The Hall–Kier alpha value is -7.22. The van der Waals surface area contributed by atoms with E-state index >= 15 is 0 Å². The number of aromatic hydroxyl groups is 1. The molecular formula is C42H37ClN10O18S6. The van der Waals surface area contributed by atoms with Crippen LogP contribution in [0.4, 0.5) is 51.7 Å². The van der Waals surface area contributed by atoms with E-state index in [-0.39, 0.29) is 49.6 Å². The van der Waals surface area contributed by atoms with Crippen molar-refractivity contribution in [2.45, 2.75) is 30.2 Å². The quantitative estimate of drug-likeness (QED) is 0.0220. The number of nitrogens with one attached hydrogen (secondary N) is 2. The summed E-state index contributed by atoms with van der Waals surface area (Å²) >= 11 is 6.19. The highest BCUT2D eigenvalue weighted by Gasteiger charge is 2.30. The molecular weight excluding hydrogens is 1160 g/mol. The third-order valence-electron chi connectivity index (χ3n) is 10.6. The van der Waals surface area contributed by atoms with Crippen molar-refractivity contribution in [2.24, 2.45) is 20.5 Å². The number of rotatable bonds is 20. The van der Waals surface area contributed by atoms with Crippen LogP contribution < -0.4 is 16.4 Å². The van der Waals surface area contributed by atoms with Gasteiger partial charge in [-0.25, -0.2) is 8.42 Å². The molecule has 0 radical (unpaired) electrons. The van der Waals surface area contributed by atoms with E-state index < -0.39 is 131 Å². The molecule has 0 aliphatic carbocycles. The van der Waals surface area contributed by atoms with Crippen LogP contribution >= 0.6 is 11.6 Å². The Kier molecular flexibility index (Phi) is 16.2. The van der Waals surface area contributed by atoms with Gasteiger partial charge in [-0.2, -0.15) is 57.0 Å². The SMILES string of the molecule is C=CS(=O)(=O)c1cccc(Nc2nc(Cl)nc(Nc3ccc(S(=O)(=O)OC)c(N=Nc4c(S(=O)(=O)OC)cc5cc(CS(=O)(=O)O)c(N=Nc6ccc7c(S(=O)(=O)OC)cccc7c6S(=O)(=O)OC)c(O)c5c4N)c3)n2)c1. The molecule has 0 aliphatic rings. The van der Waals surface area contributed by atoms with Gasteiger partial charge in [-0.1, -0.05) is 30.8 Å². The van der Waals surface area contributed by atoms with E-state index in [9.17, 15) is 60.2 Å². The van der Waals surface area contributed by atoms with Gasteiger partial charge < -0.3 is 21.5 Å². The summed E-state index contributed by atoms with van der Waals surface area (Å²) in [5, 5.41) is 32.5. The smallest absolute Gasteiger partial charge is 0.299 e. The molecule has 0 aliphatic heterocycles. The van der Waals surface area contributed by atoms with Crippen LogP contribution in [0.1, 0.15) is 5.56 Å². The fourth-order valence-electron chi connectivity index (χ4n) is 7.17. The summed E-state index contributed by atoms with van der Waals surface area (Å²) in [5.41, 5.74) is 2.65. The van der Waals surface area contributed by atoms with Gasteiger partial charge >= 0.3 is 0 Å². The first-order chi connectivity index (χ1) is 36.0. The summed E-state index contributed by atoms with van der Waals surface area (Å²) in [7, 11) is -24.4. The van der Waals surface area contributed by atoms with E-state index in [0.717, 1.165) is 76.3 Å². The highest BCUT2D eigenvalue weighted by atomic mass is 35.5. The molecule has 406 valence electrons. The third kappa shape index (κ3) is 12.2. The number of phenols is 1. The summed E-state index contributed by atoms with van der Waals surface area (Å²) in [6.07, 6.45) is 0. The van der Waals surface area contributed by atoms with E-state index in [4.69, 9.17) is 29.9 Å². The Morgan fingerprint density at radius 2 is 1.19 bits per heavy atom. The molecule has 0 atom stereocenters. The summed E-state index contributed by atoms with van der Waals surface area (Å²) < 4.78 is 184. The molecule has 0 amide bonds. The van der Waals surface area contributed by atoms with E-state index in [1.807, 2.05) is 0 Å². The number of azo groups is 2. The molecule has 6 aromatic carbocycles. The standard InChI is InChI=1S/C42H37ClN10O18S6/c1-6-72(55,56)26-10-7-9-24(19-26)45-41-47-40(43)48-42(49-41)46-25-13-16-32(75(62,63)69-3)30(20-25)51-53-37-33(76(64,65)70-4)18-22-17-23(21-73(57,58)59)36(38(54)34(22)35(37)44)52-50-29-15-14-27-28(39(29)77(66,67)71-5)11-8-12-31(27)74(60,61)68-2/h6-20,54H,1,21,44H2,2-5H3,(H,57,58,59)(H2,45,46,47,48,49). The summed E-state index contributed by atoms with van der Waals surface area (Å²) in [5.74, 6) is -2.85. The van der Waals surface area contributed by atoms with Gasteiger partial charge in [0.15, 0.2) is 15.6 Å². The Bertz CT molecular complexity index is 4380. The van der Waals surface area contributed by atoms with Crippen molar-refractivity contribution in [1.29, 1.82) is 0 Å². The molecule has 7 rings (SSSR count). The van der Waals surface area contributed by atoms with Crippen molar-refractivity contribution >= 4 is 145 Å². The molecule has 6 N–H and O–H groups in total. The Morgan fingerprint density at radius 1 is 0.623 bits per heavy atom.